The molecule has 2 saturated heterocycles. The molecule has 1 saturated carbocycles. The predicted molar refractivity (Wildman–Crippen MR) is 193 cm³/mol. The fourth-order valence-corrected chi connectivity index (χ4v) is 7.44. The number of imide groups is 2. The van der Waals surface area contributed by atoms with Gasteiger partial charge in [-0.15, -0.1) is 0 Å². The van der Waals surface area contributed by atoms with Gasteiger partial charge in [-0.3, -0.25) is 39.1 Å². The van der Waals surface area contributed by atoms with E-state index in [0.717, 1.165) is 104 Å². The Morgan fingerprint density at radius 2 is 1.71 bits per heavy atom. The van der Waals surface area contributed by atoms with Gasteiger partial charge in [-0.2, -0.15) is 5.10 Å². The number of fused-ring (bicyclic) bond motifs is 2. The molecule has 4 aromatic rings. The van der Waals surface area contributed by atoms with Crippen LogP contribution in [0.5, 0.6) is 0 Å². The number of rotatable bonds is 12. The summed E-state index contributed by atoms with van der Waals surface area (Å²) in [6.07, 6.45) is 10.5. The minimum absolute atomic E-state index is 0.0929. The van der Waals surface area contributed by atoms with Crippen LogP contribution in [0.25, 0.3) is 22.3 Å². The maximum Gasteiger partial charge on any atom is 0.264 e. The summed E-state index contributed by atoms with van der Waals surface area (Å²) >= 11 is 0. The molecule has 264 valence electrons. The number of carbonyl (C=O) groups is 4. The molecule has 8 rings (SSSR count). The van der Waals surface area contributed by atoms with E-state index in [-0.39, 0.29) is 18.4 Å². The molecular formula is C38H43N9O4. The lowest BCUT2D eigenvalue weighted by atomic mass is 10.0. The minimum Gasteiger partial charge on any atom is -0.384 e. The van der Waals surface area contributed by atoms with Crippen LogP contribution in [0.3, 0.4) is 0 Å². The van der Waals surface area contributed by atoms with E-state index in [0.29, 0.717) is 23.7 Å². The number of nitrogens with zero attached hydrogens (tertiary/aromatic N) is 7. The Morgan fingerprint density at radius 3 is 2.51 bits per heavy atom. The second kappa shape index (κ2) is 13.9. The van der Waals surface area contributed by atoms with Gasteiger partial charge >= 0.3 is 0 Å². The summed E-state index contributed by atoms with van der Waals surface area (Å²) < 4.78 is 2.07. The predicted octanol–water partition coefficient (Wildman–Crippen LogP) is 4.20. The molecule has 2 aromatic carbocycles. The smallest absolute Gasteiger partial charge is 0.264 e. The van der Waals surface area contributed by atoms with Crippen LogP contribution in [0.4, 0.5) is 11.4 Å². The first-order chi connectivity index (χ1) is 24.8. The summed E-state index contributed by atoms with van der Waals surface area (Å²) in [5.74, 6) is -1.51. The first-order valence-electron chi connectivity index (χ1n) is 18.2. The van der Waals surface area contributed by atoms with Gasteiger partial charge in [0.25, 0.3) is 11.8 Å². The highest BCUT2D eigenvalue weighted by molar-refractivity contribution is 6.25. The van der Waals surface area contributed by atoms with Gasteiger partial charge in [0.2, 0.25) is 11.8 Å². The zero-order valence-electron chi connectivity index (χ0n) is 28.9. The second-order valence-electron chi connectivity index (χ2n) is 14.2. The van der Waals surface area contributed by atoms with Crippen LogP contribution < -0.4 is 15.5 Å². The molecule has 51 heavy (non-hydrogen) atoms. The van der Waals surface area contributed by atoms with Crippen molar-refractivity contribution in [3.8, 4) is 11.3 Å². The number of nitrogens with one attached hydrogen (secondary N) is 2. The summed E-state index contributed by atoms with van der Waals surface area (Å²) in [5, 5.41) is 10.6. The van der Waals surface area contributed by atoms with Gasteiger partial charge in [-0.1, -0.05) is 18.9 Å². The number of hydrogen-bond donors (Lipinski definition) is 2. The Hall–Kier alpha value is -5.17. The fourth-order valence-electron chi connectivity index (χ4n) is 7.44. The average Bonchev–Trinajstić information content (AvgIpc) is 3.84. The molecule has 0 radical (unpaired) electrons. The van der Waals surface area contributed by atoms with Crippen molar-refractivity contribution in [3.63, 3.8) is 0 Å². The molecule has 3 fully saturated rings. The Morgan fingerprint density at radius 1 is 0.882 bits per heavy atom. The maximum atomic E-state index is 13.3. The Labute approximate surface area is 296 Å². The Balaban J connectivity index is 0.853. The zero-order chi connectivity index (χ0) is 35.1. The molecule has 0 bridgehead atoms. The molecule has 2 N–H and O–H groups in total. The standard InChI is InChI=1S/C38H43N9O4/c1-44-17-19-45(20-18-44)25-11-12-28-30(21-25)41-31(22-40-28)27-23-46(43-35(27)24-9-10-24)16-5-3-2-4-15-39-29-8-6-7-26-34(29)38(51)47(37(26)50)32-13-14-33(48)42-36(32)49/h6-8,11-12,21-24,32,39H,2-5,9-10,13-20H2,1H3,(H,42,48,49). The molecule has 1 unspecified atom stereocenters. The zero-order valence-corrected chi connectivity index (χ0v) is 28.9. The van der Waals surface area contributed by atoms with Gasteiger partial charge in [-0.25, -0.2) is 4.98 Å². The molecule has 4 aliphatic rings. The van der Waals surface area contributed by atoms with Gasteiger partial charge in [0, 0.05) is 74.7 Å². The van der Waals surface area contributed by atoms with Crippen LogP contribution in [-0.2, 0) is 16.1 Å². The highest BCUT2D eigenvalue weighted by atomic mass is 16.2. The number of aromatic nitrogens is 4. The Bertz CT molecular complexity index is 2010. The van der Waals surface area contributed by atoms with Gasteiger partial charge in [-0.05, 0) is 69.5 Å². The summed E-state index contributed by atoms with van der Waals surface area (Å²) in [7, 11) is 2.17. The number of piperazine rings is 1. The molecule has 4 amide bonds. The molecule has 2 aromatic heterocycles. The Kier molecular flexibility index (Phi) is 8.97. The van der Waals surface area contributed by atoms with Crippen molar-refractivity contribution in [2.24, 2.45) is 0 Å². The number of aryl methyl sites for hydroxylation is 1. The van der Waals surface area contributed by atoms with Crippen LogP contribution in [0.15, 0.2) is 48.8 Å². The van der Waals surface area contributed by atoms with E-state index >= 15 is 0 Å². The number of amides is 4. The first kappa shape index (κ1) is 33.0. The molecular weight excluding hydrogens is 646 g/mol. The molecule has 13 nitrogen and oxygen atoms in total. The third-order valence-corrected chi connectivity index (χ3v) is 10.5. The number of likely N-dealkylation sites (N-methyl/N-ethyl adjacent to an activating group) is 1. The molecule has 1 atom stereocenters. The average molecular weight is 690 g/mol. The van der Waals surface area contributed by atoms with Gasteiger partial charge in [0.1, 0.15) is 6.04 Å². The lowest BCUT2D eigenvalue weighted by Crippen LogP contribution is -2.54. The molecule has 1 aliphatic carbocycles. The molecule has 0 spiro atoms. The second-order valence-corrected chi connectivity index (χ2v) is 14.2. The van der Waals surface area contributed by atoms with Crippen molar-refractivity contribution in [2.75, 3.05) is 50.0 Å². The van der Waals surface area contributed by atoms with E-state index in [1.165, 1.54) is 5.69 Å². The number of hydrogen-bond acceptors (Lipinski definition) is 10. The summed E-state index contributed by atoms with van der Waals surface area (Å²) in [6, 6.07) is 10.6. The number of piperidine rings is 1. The van der Waals surface area contributed by atoms with Crippen LogP contribution in [0.1, 0.15) is 83.7 Å². The highest BCUT2D eigenvalue weighted by Crippen LogP contribution is 2.43. The van der Waals surface area contributed by atoms with Gasteiger partial charge in [0.15, 0.2) is 0 Å². The van der Waals surface area contributed by atoms with Crippen molar-refractivity contribution in [1.29, 1.82) is 0 Å². The number of anilines is 2. The van der Waals surface area contributed by atoms with Crippen LogP contribution >= 0.6 is 0 Å². The van der Waals surface area contributed by atoms with Crippen LogP contribution in [0, 0.1) is 0 Å². The summed E-state index contributed by atoms with van der Waals surface area (Å²) in [5.41, 5.74) is 7.26. The lowest BCUT2D eigenvalue weighted by molar-refractivity contribution is -0.136. The monoisotopic (exact) mass is 689 g/mol. The van der Waals surface area contributed by atoms with Gasteiger partial charge in [0.05, 0.1) is 39.7 Å². The highest BCUT2D eigenvalue weighted by Gasteiger charge is 2.45. The van der Waals surface area contributed by atoms with Crippen molar-refractivity contribution in [3.05, 3.63) is 65.6 Å². The van der Waals surface area contributed by atoms with Gasteiger partial charge < -0.3 is 15.1 Å². The van der Waals surface area contributed by atoms with Crippen molar-refractivity contribution in [1.82, 2.24) is 34.9 Å². The third-order valence-electron chi connectivity index (χ3n) is 10.5. The largest absolute Gasteiger partial charge is 0.384 e. The van der Waals surface area contributed by atoms with E-state index in [4.69, 9.17) is 15.1 Å². The molecule has 13 heteroatoms. The van der Waals surface area contributed by atoms with E-state index in [1.807, 2.05) is 6.20 Å². The number of benzene rings is 2. The maximum absolute atomic E-state index is 13.3. The van der Waals surface area contributed by atoms with E-state index < -0.39 is 29.7 Å². The SMILES string of the molecule is CN1CCN(c2ccc3ncc(-c4cn(CCCCCCNc5cccc6c5C(=O)N(C5CCC(=O)NC5=O)C6=O)nc4C4CC4)nc3c2)CC1. The fraction of sp³-hybridized carbons (Fsp3) is 0.447. The molecule has 3 aliphatic heterocycles. The van der Waals surface area contributed by atoms with Crippen molar-refractivity contribution >= 4 is 46.0 Å². The minimum atomic E-state index is -0.977. The number of carbonyl (C=O) groups excluding carboxylic acids is 4. The molecule has 5 heterocycles. The number of unbranched alkanes of at least 4 members (excludes halogenated alkanes) is 3. The normalized spacial score (nSPS) is 19.6. The van der Waals surface area contributed by atoms with Crippen molar-refractivity contribution in [2.45, 2.75) is 69.9 Å². The summed E-state index contributed by atoms with van der Waals surface area (Å²) in [4.78, 5) is 66.1. The van der Waals surface area contributed by atoms with E-state index in [9.17, 15) is 19.2 Å². The quantitative estimate of drug-likeness (QED) is 0.164. The van der Waals surface area contributed by atoms with Crippen LogP contribution in [-0.4, -0.2) is 99.0 Å². The summed E-state index contributed by atoms with van der Waals surface area (Å²) in [6.45, 7) is 5.59. The topological polar surface area (TPSA) is 146 Å². The van der Waals surface area contributed by atoms with E-state index in [1.54, 1.807) is 18.2 Å². The van der Waals surface area contributed by atoms with Crippen molar-refractivity contribution < 1.29 is 19.2 Å². The van der Waals surface area contributed by atoms with E-state index in [2.05, 4.69) is 56.6 Å². The lowest BCUT2D eigenvalue weighted by Gasteiger charge is -2.34. The third kappa shape index (κ3) is 6.69. The first-order valence-corrected chi connectivity index (χ1v) is 18.2. The van der Waals surface area contributed by atoms with Crippen LogP contribution in [0.2, 0.25) is 0 Å².